The van der Waals surface area contributed by atoms with E-state index in [1.165, 1.54) is 0 Å². The van der Waals surface area contributed by atoms with Gasteiger partial charge < -0.3 is 16.0 Å². The minimum absolute atomic E-state index is 0.136. The van der Waals surface area contributed by atoms with Gasteiger partial charge in [-0.2, -0.15) is 5.10 Å². The zero-order chi connectivity index (χ0) is 14.8. The van der Waals surface area contributed by atoms with Gasteiger partial charge in [-0.05, 0) is 18.2 Å². The largest absolute Gasteiger partial charge is 0.399 e. The van der Waals surface area contributed by atoms with Crippen molar-refractivity contribution in [1.82, 2.24) is 25.1 Å². The molecule has 1 aromatic carbocycles. The number of anilines is 1. The van der Waals surface area contributed by atoms with E-state index in [4.69, 9.17) is 5.73 Å². The lowest BCUT2D eigenvalue weighted by molar-refractivity contribution is 0.0955. The predicted molar refractivity (Wildman–Crippen MR) is 79.8 cm³/mol. The Labute approximate surface area is 121 Å². The minimum atomic E-state index is -0.136. The summed E-state index contributed by atoms with van der Waals surface area (Å²) in [5, 5.41) is 7.85. The maximum atomic E-state index is 12.2. The fraction of sp³-hybridized carbons (Fsp3) is 0.214. The van der Waals surface area contributed by atoms with Crippen LogP contribution in [0.3, 0.4) is 0 Å². The number of nitrogens with one attached hydrogen (secondary N) is 2. The zero-order valence-corrected chi connectivity index (χ0v) is 11.6. The third-order valence-electron chi connectivity index (χ3n) is 3.23. The second-order valence-corrected chi connectivity index (χ2v) is 4.85. The number of amides is 1. The first kappa shape index (κ1) is 13.2. The molecule has 2 heterocycles. The van der Waals surface area contributed by atoms with Gasteiger partial charge in [0.15, 0.2) is 5.82 Å². The fourth-order valence-corrected chi connectivity index (χ4v) is 2.21. The first-order valence-corrected chi connectivity index (χ1v) is 6.63. The smallest absolute Gasteiger partial charge is 0.253 e. The molecule has 0 fully saturated rings. The topological polar surface area (TPSA) is 102 Å². The maximum Gasteiger partial charge on any atom is 0.253 e. The minimum Gasteiger partial charge on any atom is -0.399 e. The number of carbonyl (C=O) groups excluding carboxylic acids is 1. The van der Waals surface area contributed by atoms with Crippen molar-refractivity contribution in [3.05, 3.63) is 42.1 Å². The number of carbonyl (C=O) groups is 1. The predicted octanol–water partition coefficient (Wildman–Crippen LogP) is 0.851. The average Bonchev–Trinajstić information content (AvgIpc) is 3.04. The van der Waals surface area contributed by atoms with Crippen molar-refractivity contribution in [2.75, 3.05) is 12.3 Å². The van der Waals surface area contributed by atoms with Crippen LogP contribution >= 0.6 is 0 Å². The highest BCUT2D eigenvalue weighted by Gasteiger charge is 2.12. The summed E-state index contributed by atoms with van der Waals surface area (Å²) in [5.74, 6) is 0.573. The van der Waals surface area contributed by atoms with E-state index in [9.17, 15) is 4.79 Å². The lowest BCUT2D eigenvalue weighted by Gasteiger charge is -2.03. The lowest BCUT2D eigenvalue weighted by Crippen LogP contribution is -2.25. The van der Waals surface area contributed by atoms with Gasteiger partial charge in [0.2, 0.25) is 0 Å². The standard InChI is InChI=1S/C14H16N6O/c1-20-8-18-13(19-20)4-5-16-14(21)11-7-17-12-3-2-9(15)6-10(11)12/h2-3,6-8,17H,4-5,15H2,1H3,(H,16,21). The van der Waals surface area contributed by atoms with E-state index in [1.54, 1.807) is 29.3 Å². The summed E-state index contributed by atoms with van der Waals surface area (Å²) in [4.78, 5) is 19.4. The van der Waals surface area contributed by atoms with Crippen LogP contribution in [0, 0.1) is 0 Å². The van der Waals surface area contributed by atoms with Crippen LogP contribution in [-0.2, 0) is 13.5 Å². The van der Waals surface area contributed by atoms with Crippen molar-refractivity contribution >= 4 is 22.5 Å². The van der Waals surface area contributed by atoms with E-state index in [0.717, 1.165) is 10.9 Å². The average molecular weight is 284 g/mol. The number of nitrogens with two attached hydrogens (primary N) is 1. The quantitative estimate of drug-likeness (QED) is 0.618. The van der Waals surface area contributed by atoms with Crippen molar-refractivity contribution in [3.63, 3.8) is 0 Å². The Bertz CT molecular complexity index is 788. The number of nitrogen functional groups attached to an aromatic ring is 1. The molecule has 0 radical (unpaired) electrons. The second kappa shape index (κ2) is 5.28. The Morgan fingerprint density at radius 1 is 1.48 bits per heavy atom. The molecule has 0 atom stereocenters. The van der Waals surface area contributed by atoms with Crippen LogP contribution in [-0.4, -0.2) is 32.2 Å². The van der Waals surface area contributed by atoms with Gasteiger partial charge in [0, 0.05) is 42.8 Å². The molecule has 0 aliphatic heterocycles. The van der Waals surface area contributed by atoms with Gasteiger partial charge >= 0.3 is 0 Å². The van der Waals surface area contributed by atoms with Crippen molar-refractivity contribution in [3.8, 4) is 0 Å². The first-order valence-electron chi connectivity index (χ1n) is 6.63. The number of hydrogen-bond donors (Lipinski definition) is 3. The van der Waals surface area contributed by atoms with E-state index >= 15 is 0 Å². The van der Waals surface area contributed by atoms with Gasteiger partial charge in [0.1, 0.15) is 6.33 Å². The number of fused-ring (bicyclic) bond motifs is 1. The van der Waals surface area contributed by atoms with Gasteiger partial charge in [-0.1, -0.05) is 0 Å². The highest BCUT2D eigenvalue weighted by molar-refractivity contribution is 6.07. The molecule has 0 unspecified atom stereocenters. The van der Waals surface area contributed by atoms with Crippen molar-refractivity contribution in [1.29, 1.82) is 0 Å². The number of hydrogen-bond acceptors (Lipinski definition) is 4. The molecule has 0 aliphatic rings. The van der Waals surface area contributed by atoms with Crippen molar-refractivity contribution < 1.29 is 4.79 Å². The Hall–Kier alpha value is -2.83. The SMILES string of the molecule is Cn1cnc(CCNC(=O)c2c[nH]c3ccc(N)cc23)n1. The Balaban J connectivity index is 1.68. The van der Waals surface area contributed by atoms with Crippen molar-refractivity contribution in [2.45, 2.75) is 6.42 Å². The fourth-order valence-electron chi connectivity index (χ4n) is 2.21. The van der Waals surface area contributed by atoms with Gasteiger partial charge in [0.05, 0.1) is 5.56 Å². The van der Waals surface area contributed by atoms with Crippen LogP contribution in [0.25, 0.3) is 10.9 Å². The van der Waals surface area contributed by atoms with E-state index in [0.29, 0.717) is 30.0 Å². The van der Waals surface area contributed by atoms with E-state index < -0.39 is 0 Å². The van der Waals surface area contributed by atoms with Gasteiger partial charge in [-0.15, -0.1) is 0 Å². The lowest BCUT2D eigenvalue weighted by atomic mass is 10.1. The molecule has 0 bridgehead atoms. The Morgan fingerprint density at radius 2 is 2.33 bits per heavy atom. The summed E-state index contributed by atoms with van der Waals surface area (Å²) in [7, 11) is 1.81. The summed E-state index contributed by atoms with van der Waals surface area (Å²) in [6, 6.07) is 5.45. The molecule has 1 amide bonds. The van der Waals surface area contributed by atoms with Crippen LogP contribution in [0.4, 0.5) is 5.69 Å². The molecular weight excluding hydrogens is 268 g/mol. The molecule has 0 saturated carbocycles. The highest BCUT2D eigenvalue weighted by atomic mass is 16.1. The van der Waals surface area contributed by atoms with Crippen LogP contribution in [0.5, 0.6) is 0 Å². The molecule has 3 aromatic rings. The third kappa shape index (κ3) is 2.71. The van der Waals surface area contributed by atoms with Crippen LogP contribution in [0.2, 0.25) is 0 Å². The molecule has 0 spiro atoms. The summed E-state index contributed by atoms with van der Waals surface area (Å²) < 4.78 is 1.64. The van der Waals surface area contributed by atoms with Gasteiger partial charge in [0.25, 0.3) is 5.91 Å². The van der Waals surface area contributed by atoms with Crippen LogP contribution in [0.15, 0.2) is 30.7 Å². The number of aryl methyl sites for hydroxylation is 1. The Kier molecular flexibility index (Phi) is 3.31. The summed E-state index contributed by atoms with van der Waals surface area (Å²) in [5.41, 5.74) is 7.88. The summed E-state index contributed by atoms with van der Waals surface area (Å²) >= 11 is 0. The molecule has 7 heteroatoms. The maximum absolute atomic E-state index is 12.2. The molecule has 3 rings (SSSR count). The molecule has 108 valence electrons. The number of rotatable bonds is 4. The number of aromatic nitrogens is 4. The molecule has 7 nitrogen and oxygen atoms in total. The monoisotopic (exact) mass is 284 g/mol. The number of H-pyrrole nitrogens is 1. The van der Waals surface area contributed by atoms with Crippen LogP contribution < -0.4 is 11.1 Å². The van der Waals surface area contributed by atoms with Gasteiger partial charge in [-0.25, -0.2) is 4.98 Å². The molecule has 0 aliphatic carbocycles. The third-order valence-corrected chi connectivity index (χ3v) is 3.23. The molecule has 21 heavy (non-hydrogen) atoms. The molecular formula is C14H16N6O. The van der Waals surface area contributed by atoms with E-state index in [2.05, 4.69) is 20.4 Å². The molecule has 4 N–H and O–H groups in total. The summed E-state index contributed by atoms with van der Waals surface area (Å²) in [6.45, 7) is 0.484. The Morgan fingerprint density at radius 3 is 3.10 bits per heavy atom. The zero-order valence-electron chi connectivity index (χ0n) is 11.6. The highest BCUT2D eigenvalue weighted by Crippen LogP contribution is 2.20. The summed E-state index contributed by atoms with van der Waals surface area (Å²) in [6.07, 6.45) is 3.93. The van der Waals surface area contributed by atoms with Gasteiger partial charge in [-0.3, -0.25) is 9.48 Å². The molecule has 2 aromatic heterocycles. The van der Waals surface area contributed by atoms with Crippen molar-refractivity contribution in [2.24, 2.45) is 7.05 Å². The number of aromatic amines is 1. The van der Waals surface area contributed by atoms with E-state index in [-0.39, 0.29) is 5.91 Å². The number of benzene rings is 1. The molecule has 0 saturated heterocycles. The normalized spacial score (nSPS) is 10.9. The first-order chi connectivity index (χ1) is 10.1. The second-order valence-electron chi connectivity index (χ2n) is 4.85. The number of nitrogens with zero attached hydrogens (tertiary/aromatic N) is 3. The van der Waals surface area contributed by atoms with Crippen LogP contribution in [0.1, 0.15) is 16.2 Å². The van der Waals surface area contributed by atoms with E-state index in [1.807, 2.05) is 13.1 Å².